The molecule has 18 heavy (non-hydrogen) atoms. The summed E-state index contributed by atoms with van der Waals surface area (Å²) in [6.45, 7) is 7.54. The van der Waals surface area contributed by atoms with Crippen molar-refractivity contribution in [3.63, 3.8) is 0 Å². The van der Waals surface area contributed by atoms with Crippen LogP contribution in [0.3, 0.4) is 0 Å². The van der Waals surface area contributed by atoms with Crippen molar-refractivity contribution in [1.82, 2.24) is 0 Å². The lowest BCUT2D eigenvalue weighted by Crippen LogP contribution is -2.41. The Hall–Kier alpha value is -1.35. The van der Waals surface area contributed by atoms with Gasteiger partial charge in [-0.25, -0.2) is 0 Å². The number of allylic oxidation sites excluding steroid dienone is 4. The van der Waals surface area contributed by atoms with E-state index >= 15 is 0 Å². The zero-order valence-corrected chi connectivity index (χ0v) is 11.4. The number of carbonyl (C=O) groups excluding carboxylic acids is 1. The SMILES string of the molecule is CC(C)=C/C=C1/O[C@H]2CC(C)=CC(=O)[C@H]2[C@@]1(C)O. The highest BCUT2D eigenvalue weighted by Gasteiger charge is 2.54. The number of ketones is 1. The summed E-state index contributed by atoms with van der Waals surface area (Å²) in [7, 11) is 0. The van der Waals surface area contributed by atoms with Crippen molar-refractivity contribution < 1.29 is 14.6 Å². The van der Waals surface area contributed by atoms with Gasteiger partial charge in [0.15, 0.2) is 5.78 Å². The van der Waals surface area contributed by atoms with Gasteiger partial charge in [-0.15, -0.1) is 0 Å². The third-order valence-corrected chi connectivity index (χ3v) is 3.54. The maximum Gasteiger partial charge on any atom is 0.165 e. The van der Waals surface area contributed by atoms with Gasteiger partial charge in [0.25, 0.3) is 0 Å². The Bertz CT molecular complexity index is 462. The van der Waals surface area contributed by atoms with Crippen LogP contribution < -0.4 is 0 Å². The largest absolute Gasteiger partial charge is 0.490 e. The normalized spacial score (nSPS) is 37.1. The van der Waals surface area contributed by atoms with Crippen LogP contribution in [-0.4, -0.2) is 22.6 Å². The number of fused-ring (bicyclic) bond motifs is 1. The third kappa shape index (κ3) is 2.15. The van der Waals surface area contributed by atoms with Crippen LogP contribution in [0.1, 0.15) is 34.1 Å². The highest BCUT2D eigenvalue weighted by molar-refractivity contribution is 5.95. The van der Waals surface area contributed by atoms with Gasteiger partial charge in [-0.2, -0.15) is 0 Å². The van der Waals surface area contributed by atoms with Crippen LogP contribution in [0, 0.1) is 5.92 Å². The van der Waals surface area contributed by atoms with Gasteiger partial charge in [0.05, 0.1) is 5.92 Å². The van der Waals surface area contributed by atoms with E-state index in [4.69, 9.17) is 4.74 Å². The monoisotopic (exact) mass is 248 g/mol. The quantitative estimate of drug-likeness (QED) is 0.775. The van der Waals surface area contributed by atoms with Crippen LogP contribution in [0.15, 0.2) is 35.1 Å². The second kappa shape index (κ2) is 4.39. The minimum absolute atomic E-state index is 0.0330. The van der Waals surface area contributed by atoms with Crippen LogP contribution >= 0.6 is 0 Å². The average Bonchev–Trinajstić information content (AvgIpc) is 2.46. The third-order valence-electron chi connectivity index (χ3n) is 3.54. The Morgan fingerprint density at radius 1 is 1.56 bits per heavy atom. The molecule has 3 nitrogen and oxygen atoms in total. The van der Waals surface area contributed by atoms with Gasteiger partial charge < -0.3 is 9.84 Å². The molecule has 0 radical (unpaired) electrons. The van der Waals surface area contributed by atoms with Crippen LogP contribution in [0.25, 0.3) is 0 Å². The standard InChI is InChI=1S/C15H20O3/c1-9(2)5-6-13-15(4,17)14-11(16)7-10(3)8-12(14)18-13/h5-7,12,14,17H,8H2,1-4H3/b13-6+/t12-,14+,15-/m0/s1. The van der Waals surface area contributed by atoms with Gasteiger partial charge in [-0.3, -0.25) is 4.79 Å². The van der Waals surface area contributed by atoms with Crippen molar-refractivity contribution in [3.05, 3.63) is 35.1 Å². The average molecular weight is 248 g/mol. The fraction of sp³-hybridized carbons (Fsp3) is 0.533. The van der Waals surface area contributed by atoms with E-state index in [2.05, 4.69) is 0 Å². The number of carbonyl (C=O) groups is 1. The molecule has 1 N–H and O–H groups in total. The lowest BCUT2D eigenvalue weighted by atomic mass is 9.77. The molecule has 1 heterocycles. The molecule has 0 bridgehead atoms. The van der Waals surface area contributed by atoms with E-state index in [1.807, 2.05) is 26.8 Å². The predicted molar refractivity (Wildman–Crippen MR) is 69.9 cm³/mol. The van der Waals surface area contributed by atoms with E-state index in [0.717, 1.165) is 11.1 Å². The molecule has 0 saturated carbocycles. The molecule has 3 atom stereocenters. The zero-order chi connectivity index (χ0) is 13.5. The van der Waals surface area contributed by atoms with E-state index in [1.165, 1.54) is 0 Å². The molecule has 0 spiro atoms. The van der Waals surface area contributed by atoms with E-state index in [1.54, 1.807) is 19.1 Å². The number of hydrogen-bond acceptors (Lipinski definition) is 3. The molecule has 3 heteroatoms. The van der Waals surface area contributed by atoms with E-state index in [9.17, 15) is 9.90 Å². The molecule has 0 amide bonds. The highest BCUT2D eigenvalue weighted by Crippen LogP contribution is 2.44. The van der Waals surface area contributed by atoms with Crippen molar-refractivity contribution in [1.29, 1.82) is 0 Å². The summed E-state index contributed by atoms with van der Waals surface area (Å²) in [4.78, 5) is 12.0. The topological polar surface area (TPSA) is 46.5 Å². The fourth-order valence-corrected chi connectivity index (χ4v) is 2.64. The van der Waals surface area contributed by atoms with Crippen molar-refractivity contribution >= 4 is 5.78 Å². The van der Waals surface area contributed by atoms with E-state index < -0.39 is 11.5 Å². The van der Waals surface area contributed by atoms with E-state index in [-0.39, 0.29) is 11.9 Å². The maximum atomic E-state index is 12.0. The minimum Gasteiger partial charge on any atom is -0.490 e. The Balaban J connectivity index is 2.35. The summed E-state index contributed by atoms with van der Waals surface area (Å²) in [5, 5.41) is 10.5. The molecular formula is C15H20O3. The molecule has 1 aliphatic carbocycles. The van der Waals surface area contributed by atoms with Crippen molar-refractivity contribution in [2.75, 3.05) is 0 Å². The first kappa shape index (κ1) is 13.1. The maximum absolute atomic E-state index is 12.0. The van der Waals surface area contributed by atoms with Gasteiger partial charge in [0.1, 0.15) is 17.5 Å². The number of rotatable bonds is 1. The lowest BCUT2D eigenvalue weighted by molar-refractivity contribution is -0.125. The van der Waals surface area contributed by atoms with Crippen LogP contribution in [0.2, 0.25) is 0 Å². The molecule has 2 aliphatic rings. The molecule has 0 aromatic rings. The fourth-order valence-electron chi connectivity index (χ4n) is 2.64. The summed E-state index contributed by atoms with van der Waals surface area (Å²) in [6, 6.07) is 0. The van der Waals surface area contributed by atoms with Gasteiger partial charge >= 0.3 is 0 Å². The number of hydrogen-bond donors (Lipinski definition) is 1. The molecule has 2 rings (SSSR count). The lowest BCUT2D eigenvalue weighted by Gasteiger charge is -2.26. The van der Waals surface area contributed by atoms with E-state index in [0.29, 0.717) is 12.2 Å². The molecule has 1 aliphatic heterocycles. The minimum atomic E-state index is -1.20. The summed E-state index contributed by atoms with van der Waals surface area (Å²) in [5.41, 5.74) is 0.933. The molecule has 0 aromatic heterocycles. The summed E-state index contributed by atoms with van der Waals surface area (Å²) < 4.78 is 5.78. The van der Waals surface area contributed by atoms with Gasteiger partial charge in [-0.05, 0) is 39.8 Å². The molecule has 1 fully saturated rings. The smallest absolute Gasteiger partial charge is 0.165 e. The zero-order valence-electron chi connectivity index (χ0n) is 11.4. The summed E-state index contributed by atoms with van der Waals surface area (Å²) in [5.74, 6) is -0.0116. The molecular weight excluding hydrogens is 228 g/mol. The Kier molecular flexibility index (Phi) is 3.20. The molecule has 1 saturated heterocycles. The highest BCUT2D eigenvalue weighted by atomic mass is 16.5. The van der Waals surface area contributed by atoms with Crippen LogP contribution in [-0.2, 0) is 9.53 Å². The van der Waals surface area contributed by atoms with Crippen LogP contribution in [0.5, 0.6) is 0 Å². The molecule has 0 aromatic carbocycles. The second-order valence-electron chi connectivity index (χ2n) is 5.65. The Labute approximate surface area is 108 Å². The molecule has 0 unspecified atom stereocenters. The summed E-state index contributed by atoms with van der Waals surface area (Å²) in [6.07, 6.45) is 5.78. The van der Waals surface area contributed by atoms with Crippen molar-refractivity contribution in [3.8, 4) is 0 Å². The van der Waals surface area contributed by atoms with Crippen LogP contribution in [0.4, 0.5) is 0 Å². The number of ether oxygens (including phenoxy) is 1. The Morgan fingerprint density at radius 3 is 2.83 bits per heavy atom. The first-order chi connectivity index (χ1) is 8.32. The first-order valence-electron chi connectivity index (χ1n) is 6.28. The summed E-state index contributed by atoms with van der Waals surface area (Å²) >= 11 is 0. The predicted octanol–water partition coefficient (Wildman–Crippen LogP) is 2.52. The van der Waals surface area contributed by atoms with Crippen molar-refractivity contribution in [2.24, 2.45) is 5.92 Å². The van der Waals surface area contributed by atoms with Gasteiger partial charge in [-0.1, -0.05) is 17.2 Å². The second-order valence-corrected chi connectivity index (χ2v) is 5.65. The van der Waals surface area contributed by atoms with Crippen molar-refractivity contribution in [2.45, 2.75) is 45.8 Å². The first-order valence-corrected chi connectivity index (χ1v) is 6.28. The van der Waals surface area contributed by atoms with Gasteiger partial charge in [0, 0.05) is 6.42 Å². The molecule has 98 valence electrons. The number of aliphatic hydroxyl groups is 1. The Morgan fingerprint density at radius 2 is 2.22 bits per heavy atom. The van der Waals surface area contributed by atoms with Gasteiger partial charge in [0.2, 0.25) is 0 Å².